The molecule has 1 unspecified atom stereocenters. The lowest BCUT2D eigenvalue weighted by atomic mass is 10.1. The van der Waals surface area contributed by atoms with Crippen LogP contribution in [0.25, 0.3) is 11.3 Å². The van der Waals surface area contributed by atoms with Gasteiger partial charge in [0.15, 0.2) is 11.7 Å². The zero-order chi connectivity index (χ0) is 18.6. The Morgan fingerprint density at radius 1 is 1.24 bits per heavy atom. The third kappa shape index (κ3) is 5.18. The molecule has 1 aliphatic heterocycles. The number of oxazole rings is 1. The van der Waals surface area contributed by atoms with Crippen LogP contribution in [0, 0.1) is 0 Å². The number of nitrogens with one attached hydrogen (secondary N) is 1. The number of benzene rings is 1. The molecule has 7 nitrogen and oxygen atoms in total. The summed E-state index contributed by atoms with van der Waals surface area (Å²) < 4.78 is 7.79. The Kier molecular flexibility index (Phi) is 8.25. The number of hydrogen-bond acceptors (Lipinski definition) is 5. The van der Waals surface area contributed by atoms with Crippen molar-refractivity contribution >= 4 is 30.7 Å². The Bertz CT molecular complexity index is 913. The van der Waals surface area contributed by atoms with E-state index in [0.717, 1.165) is 23.7 Å². The van der Waals surface area contributed by atoms with Crippen molar-refractivity contribution in [3.8, 4) is 11.3 Å². The van der Waals surface area contributed by atoms with E-state index in [4.69, 9.17) is 4.42 Å². The first-order chi connectivity index (χ1) is 13.2. The average Bonchev–Trinajstić information content (AvgIpc) is 3.36. The summed E-state index contributed by atoms with van der Waals surface area (Å²) in [7, 11) is 1.96. The van der Waals surface area contributed by atoms with Gasteiger partial charge in [-0.1, -0.05) is 30.3 Å². The molecular formula is C20H25Cl2N5O2. The normalized spacial score (nSPS) is 16.0. The van der Waals surface area contributed by atoms with Gasteiger partial charge in [0, 0.05) is 57.5 Å². The Balaban J connectivity index is 0.00000150. The Labute approximate surface area is 182 Å². The monoisotopic (exact) mass is 437 g/mol. The molecule has 0 radical (unpaired) electrons. The number of halogens is 2. The highest BCUT2D eigenvalue weighted by atomic mass is 35.5. The fraction of sp³-hybridized carbons (Fsp3) is 0.350. The van der Waals surface area contributed by atoms with Gasteiger partial charge in [-0.15, -0.1) is 24.8 Å². The second-order valence-electron chi connectivity index (χ2n) is 6.69. The maximum absolute atomic E-state index is 12.9. The molecule has 3 heterocycles. The SMILES string of the molecule is Cl.Cl.Cn1ccnc1C1CNCCN1C(=O)CCc1ncc(-c2ccccc2)o1. The van der Waals surface area contributed by atoms with Crippen LogP contribution in [0.15, 0.2) is 53.3 Å². The average molecular weight is 438 g/mol. The second kappa shape index (κ2) is 10.4. The Morgan fingerprint density at radius 2 is 2.03 bits per heavy atom. The number of carbonyl (C=O) groups excluding carboxylic acids is 1. The highest BCUT2D eigenvalue weighted by Gasteiger charge is 2.30. The first kappa shape index (κ1) is 22.9. The summed E-state index contributed by atoms with van der Waals surface area (Å²) in [5, 5.41) is 3.35. The number of piperazine rings is 1. The molecule has 0 aliphatic carbocycles. The second-order valence-corrected chi connectivity index (χ2v) is 6.69. The summed E-state index contributed by atoms with van der Waals surface area (Å²) in [4.78, 5) is 23.5. The predicted molar refractivity (Wildman–Crippen MR) is 115 cm³/mol. The number of carbonyl (C=O) groups is 1. The molecule has 1 aliphatic rings. The quantitative estimate of drug-likeness (QED) is 0.663. The standard InChI is InChI=1S/C20H23N5O2.2ClH/c1-24-11-10-22-20(24)16-13-21-9-12-25(16)19(26)8-7-18-23-14-17(27-18)15-5-3-2-4-6-15;;/h2-6,10-11,14,16,21H,7-9,12-13H2,1H3;2*1H. The minimum Gasteiger partial charge on any atom is -0.441 e. The van der Waals surface area contributed by atoms with Crippen molar-refractivity contribution in [1.82, 2.24) is 24.8 Å². The third-order valence-electron chi connectivity index (χ3n) is 4.88. The fourth-order valence-corrected chi connectivity index (χ4v) is 3.45. The molecule has 4 rings (SSSR count). The van der Waals surface area contributed by atoms with Crippen LogP contribution in [0.4, 0.5) is 0 Å². The Morgan fingerprint density at radius 3 is 2.76 bits per heavy atom. The lowest BCUT2D eigenvalue weighted by Gasteiger charge is -2.35. The van der Waals surface area contributed by atoms with Gasteiger partial charge < -0.3 is 19.2 Å². The van der Waals surface area contributed by atoms with E-state index in [1.807, 2.05) is 53.0 Å². The zero-order valence-electron chi connectivity index (χ0n) is 16.2. The van der Waals surface area contributed by atoms with Gasteiger partial charge in [0.05, 0.1) is 6.20 Å². The van der Waals surface area contributed by atoms with Crippen LogP contribution in [-0.4, -0.2) is 45.0 Å². The molecule has 2 aromatic heterocycles. The molecule has 1 aromatic carbocycles. The van der Waals surface area contributed by atoms with E-state index in [0.29, 0.717) is 31.8 Å². The summed E-state index contributed by atoms with van der Waals surface area (Å²) in [6.07, 6.45) is 6.25. The highest BCUT2D eigenvalue weighted by molar-refractivity contribution is 5.85. The van der Waals surface area contributed by atoms with Crippen LogP contribution in [0.5, 0.6) is 0 Å². The molecule has 0 saturated carbocycles. The van der Waals surface area contributed by atoms with Gasteiger partial charge in [-0.25, -0.2) is 9.97 Å². The fourth-order valence-electron chi connectivity index (χ4n) is 3.45. The van der Waals surface area contributed by atoms with Crippen molar-refractivity contribution in [2.45, 2.75) is 18.9 Å². The van der Waals surface area contributed by atoms with Gasteiger partial charge >= 0.3 is 0 Å². The lowest BCUT2D eigenvalue weighted by Crippen LogP contribution is -2.49. The summed E-state index contributed by atoms with van der Waals surface area (Å²) >= 11 is 0. The molecular weight excluding hydrogens is 413 g/mol. The summed E-state index contributed by atoms with van der Waals surface area (Å²) in [5.41, 5.74) is 0.986. The molecule has 3 aromatic rings. The number of aromatic nitrogens is 3. The largest absolute Gasteiger partial charge is 0.441 e. The van der Waals surface area contributed by atoms with Crippen molar-refractivity contribution in [2.24, 2.45) is 7.05 Å². The van der Waals surface area contributed by atoms with E-state index in [1.165, 1.54) is 0 Å². The van der Waals surface area contributed by atoms with Crippen LogP contribution in [-0.2, 0) is 18.3 Å². The smallest absolute Gasteiger partial charge is 0.223 e. The van der Waals surface area contributed by atoms with Crippen LogP contribution >= 0.6 is 24.8 Å². The van der Waals surface area contributed by atoms with Crippen LogP contribution < -0.4 is 5.32 Å². The third-order valence-corrected chi connectivity index (χ3v) is 4.88. The molecule has 1 N–H and O–H groups in total. The molecule has 1 fully saturated rings. The topological polar surface area (TPSA) is 76.2 Å². The van der Waals surface area contributed by atoms with Crippen molar-refractivity contribution in [2.75, 3.05) is 19.6 Å². The van der Waals surface area contributed by atoms with E-state index in [1.54, 1.807) is 12.4 Å². The summed E-state index contributed by atoms with van der Waals surface area (Å²) in [6, 6.07) is 9.80. The van der Waals surface area contributed by atoms with E-state index in [-0.39, 0.29) is 36.8 Å². The maximum Gasteiger partial charge on any atom is 0.223 e. The van der Waals surface area contributed by atoms with Crippen molar-refractivity contribution in [1.29, 1.82) is 0 Å². The molecule has 1 atom stereocenters. The molecule has 0 spiro atoms. The molecule has 1 amide bonds. The van der Waals surface area contributed by atoms with Crippen LogP contribution in [0.1, 0.15) is 24.2 Å². The molecule has 9 heteroatoms. The summed E-state index contributed by atoms with van der Waals surface area (Å²) in [5.74, 6) is 2.32. The van der Waals surface area contributed by atoms with Crippen LogP contribution in [0.3, 0.4) is 0 Å². The van der Waals surface area contributed by atoms with Gasteiger partial charge in [-0.05, 0) is 0 Å². The number of aryl methyl sites for hydroxylation is 2. The highest BCUT2D eigenvalue weighted by Crippen LogP contribution is 2.23. The van der Waals surface area contributed by atoms with Crippen molar-refractivity contribution in [3.63, 3.8) is 0 Å². The first-order valence-electron chi connectivity index (χ1n) is 9.20. The molecule has 0 bridgehead atoms. The van der Waals surface area contributed by atoms with Crippen LogP contribution in [0.2, 0.25) is 0 Å². The van der Waals surface area contributed by atoms with E-state index >= 15 is 0 Å². The first-order valence-corrected chi connectivity index (χ1v) is 9.20. The predicted octanol–water partition coefficient (Wildman–Crippen LogP) is 3.02. The van der Waals surface area contributed by atoms with E-state index < -0.39 is 0 Å². The van der Waals surface area contributed by atoms with Crippen molar-refractivity contribution < 1.29 is 9.21 Å². The minimum atomic E-state index is -0.0457. The molecule has 29 heavy (non-hydrogen) atoms. The number of imidazole rings is 1. The molecule has 1 saturated heterocycles. The number of hydrogen-bond donors (Lipinski definition) is 1. The number of amides is 1. The van der Waals surface area contributed by atoms with Gasteiger partial charge in [0.2, 0.25) is 5.91 Å². The van der Waals surface area contributed by atoms with E-state index in [9.17, 15) is 4.79 Å². The molecule has 156 valence electrons. The van der Waals surface area contributed by atoms with Crippen molar-refractivity contribution in [3.05, 3.63) is 60.6 Å². The van der Waals surface area contributed by atoms with Gasteiger partial charge in [-0.2, -0.15) is 0 Å². The zero-order valence-corrected chi connectivity index (χ0v) is 17.8. The van der Waals surface area contributed by atoms with Gasteiger partial charge in [0.25, 0.3) is 0 Å². The lowest BCUT2D eigenvalue weighted by molar-refractivity contribution is -0.134. The summed E-state index contributed by atoms with van der Waals surface area (Å²) in [6.45, 7) is 2.19. The van der Waals surface area contributed by atoms with E-state index in [2.05, 4.69) is 15.3 Å². The maximum atomic E-state index is 12.9. The number of rotatable bonds is 5. The van der Waals surface area contributed by atoms with Gasteiger partial charge in [-0.3, -0.25) is 4.79 Å². The minimum absolute atomic E-state index is 0. The Hall–Kier alpha value is -2.35. The van der Waals surface area contributed by atoms with Gasteiger partial charge in [0.1, 0.15) is 11.9 Å². The number of nitrogens with zero attached hydrogens (tertiary/aromatic N) is 4.